The van der Waals surface area contributed by atoms with Crippen molar-refractivity contribution in [2.45, 2.75) is 26.4 Å². The number of amides is 1. The quantitative estimate of drug-likeness (QED) is 0.921. The molecule has 1 N–H and O–H groups in total. The molecule has 5 nitrogen and oxygen atoms in total. The average Bonchev–Trinajstić information content (AvgIpc) is 2.53. The number of ether oxygens (including phenoxy) is 1. The number of hydrogen-bond donors (Lipinski definition) is 1. The summed E-state index contributed by atoms with van der Waals surface area (Å²) < 4.78 is 5.81. The van der Waals surface area contributed by atoms with E-state index in [1.54, 1.807) is 6.92 Å². The van der Waals surface area contributed by atoms with Gasteiger partial charge in [0.15, 0.2) is 0 Å². The van der Waals surface area contributed by atoms with Crippen molar-refractivity contribution in [2.24, 2.45) is 0 Å². The molecule has 22 heavy (non-hydrogen) atoms. The van der Waals surface area contributed by atoms with Crippen molar-refractivity contribution < 1.29 is 9.53 Å². The maximum Gasteiger partial charge on any atom is 0.219 e. The number of benzene rings is 1. The zero-order valence-electron chi connectivity index (χ0n) is 13.5. The van der Waals surface area contributed by atoms with Crippen LogP contribution in [0.2, 0.25) is 0 Å². The Morgan fingerprint density at radius 1 is 1.32 bits per heavy atom. The predicted octanol–water partition coefficient (Wildman–Crippen LogP) is 1.59. The fourth-order valence-electron chi connectivity index (χ4n) is 3.06. The van der Waals surface area contributed by atoms with Gasteiger partial charge in [-0.1, -0.05) is 6.07 Å². The van der Waals surface area contributed by atoms with Crippen LogP contribution < -0.4 is 10.1 Å². The minimum atomic E-state index is 0.189. The van der Waals surface area contributed by atoms with Crippen molar-refractivity contribution in [3.05, 3.63) is 23.8 Å². The largest absolute Gasteiger partial charge is 0.487 e. The molecule has 2 aliphatic rings. The lowest BCUT2D eigenvalue weighted by Gasteiger charge is -2.34. The van der Waals surface area contributed by atoms with Crippen molar-refractivity contribution in [3.8, 4) is 5.75 Å². The molecule has 1 aromatic carbocycles. The summed E-state index contributed by atoms with van der Waals surface area (Å²) in [6.45, 7) is 9.29. The van der Waals surface area contributed by atoms with Gasteiger partial charge in [-0.25, -0.2) is 0 Å². The minimum absolute atomic E-state index is 0.189. The maximum atomic E-state index is 11.3. The van der Waals surface area contributed by atoms with Crippen LogP contribution in [-0.4, -0.2) is 61.1 Å². The Bertz CT molecular complexity index is 539. The molecule has 0 saturated carbocycles. The van der Waals surface area contributed by atoms with Gasteiger partial charge in [0.2, 0.25) is 5.91 Å². The van der Waals surface area contributed by atoms with Crippen LogP contribution in [0.1, 0.15) is 19.4 Å². The van der Waals surface area contributed by atoms with Crippen molar-refractivity contribution in [2.75, 3.05) is 44.6 Å². The molecule has 1 atom stereocenters. The number of carbonyl (C=O) groups excluding carboxylic acids is 1. The van der Waals surface area contributed by atoms with Crippen LogP contribution in [0.25, 0.3) is 0 Å². The number of nitrogens with zero attached hydrogens (tertiary/aromatic N) is 2. The van der Waals surface area contributed by atoms with Crippen LogP contribution in [0.15, 0.2) is 18.2 Å². The van der Waals surface area contributed by atoms with Gasteiger partial charge in [-0.3, -0.25) is 9.69 Å². The van der Waals surface area contributed by atoms with Gasteiger partial charge in [-0.15, -0.1) is 0 Å². The van der Waals surface area contributed by atoms with E-state index >= 15 is 0 Å². The zero-order chi connectivity index (χ0) is 15.5. The summed E-state index contributed by atoms with van der Waals surface area (Å²) in [6, 6.07) is 6.43. The van der Waals surface area contributed by atoms with E-state index in [9.17, 15) is 4.79 Å². The van der Waals surface area contributed by atoms with E-state index in [2.05, 4.69) is 35.3 Å². The molecule has 1 amide bonds. The molecule has 0 aromatic heterocycles. The second kappa shape index (κ2) is 6.57. The molecule has 1 fully saturated rings. The summed E-state index contributed by atoms with van der Waals surface area (Å²) in [4.78, 5) is 15.7. The highest BCUT2D eigenvalue weighted by Gasteiger charge is 2.19. The van der Waals surface area contributed by atoms with Gasteiger partial charge < -0.3 is 15.0 Å². The van der Waals surface area contributed by atoms with Crippen LogP contribution in [0, 0.1) is 0 Å². The van der Waals surface area contributed by atoms with E-state index in [0.29, 0.717) is 0 Å². The predicted molar refractivity (Wildman–Crippen MR) is 87.4 cm³/mol. The van der Waals surface area contributed by atoms with Crippen LogP contribution in [0.3, 0.4) is 0 Å². The number of carbonyl (C=O) groups is 1. The number of anilines is 1. The zero-order valence-corrected chi connectivity index (χ0v) is 13.5. The molecular formula is C17H25N3O2. The Morgan fingerprint density at radius 3 is 2.82 bits per heavy atom. The molecule has 1 aromatic rings. The monoisotopic (exact) mass is 303 g/mol. The van der Waals surface area contributed by atoms with E-state index in [4.69, 9.17) is 4.74 Å². The summed E-state index contributed by atoms with van der Waals surface area (Å²) in [5, 5.41) is 3.43. The molecule has 0 spiro atoms. The highest BCUT2D eigenvalue weighted by molar-refractivity contribution is 5.73. The molecule has 3 rings (SSSR count). The average molecular weight is 303 g/mol. The number of fused-ring (bicyclic) bond motifs is 1. The Morgan fingerprint density at radius 2 is 2.09 bits per heavy atom. The van der Waals surface area contributed by atoms with Gasteiger partial charge in [0.05, 0.1) is 12.2 Å². The molecule has 5 heteroatoms. The second-order valence-corrected chi connectivity index (χ2v) is 6.24. The van der Waals surface area contributed by atoms with Gasteiger partial charge in [0.25, 0.3) is 0 Å². The summed E-state index contributed by atoms with van der Waals surface area (Å²) in [7, 11) is 0. The first-order valence-electron chi connectivity index (χ1n) is 8.13. The molecule has 2 heterocycles. The summed E-state index contributed by atoms with van der Waals surface area (Å²) in [5.74, 6) is 1.15. The smallest absolute Gasteiger partial charge is 0.219 e. The van der Waals surface area contributed by atoms with Gasteiger partial charge in [-0.05, 0) is 31.0 Å². The highest BCUT2D eigenvalue weighted by Crippen LogP contribution is 2.30. The molecule has 2 aliphatic heterocycles. The fraction of sp³-hybridized carbons (Fsp3) is 0.588. The number of piperazine rings is 1. The fourth-order valence-corrected chi connectivity index (χ4v) is 3.06. The van der Waals surface area contributed by atoms with Crippen LogP contribution in [0.4, 0.5) is 5.69 Å². The van der Waals surface area contributed by atoms with Crippen molar-refractivity contribution in [1.29, 1.82) is 0 Å². The van der Waals surface area contributed by atoms with E-state index < -0.39 is 0 Å². The topological polar surface area (TPSA) is 44.8 Å². The Kier molecular flexibility index (Phi) is 4.52. The van der Waals surface area contributed by atoms with Gasteiger partial charge in [0.1, 0.15) is 11.9 Å². The lowest BCUT2D eigenvalue weighted by atomic mass is 10.1. The minimum Gasteiger partial charge on any atom is -0.487 e. The highest BCUT2D eigenvalue weighted by atomic mass is 16.5. The first kappa shape index (κ1) is 15.2. The molecule has 1 unspecified atom stereocenters. The standard InChI is InChI=1S/C17H25N3O2/c1-13-12-18-16-11-15(3-4-17(16)22-13)5-6-19-7-9-20(10-8-19)14(2)21/h3-4,11,13,18H,5-10,12H2,1-2H3. The first-order chi connectivity index (χ1) is 10.6. The van der Waals surface area contributed by atoms with E-state index in [1.165, 1.54) is 5.56 Å². The van der Waals surface area contributed by atoms with Crippen molar-refractivity contribution >= 4 is 11.6 Å². The summed E-state index contributed by atoms with van der Waals surface area (Å²) in [6.07, 6.45) is 1.26. The van der Waals surface area contributed by atoms with Gasteiger partial charge in [0, 0.05) is 39.6 Å². The van der Waals surface area contributed by atoms with E-state index in [1.807, 2.05) is 4.90 Å². The lowest BCUT2D eigenvalue weighted by molar-refractivity contribution is -0.130. The number of hydrogen-bond acceptors (Lipinski definition) is 4. The van der Waals surface area contributed by atoms with Crippen LogP contribution >= 0.6 is 0 Å². The van der Waals surface area contributed by atoms with Crippen LogP contribution in [0.5, 0.6) is 5.75 Å². The second-order valence-electron chi connectivity index (χ2n) is 6.24. The van der Waals surface area contributed by atoms with Gasteiger partial charge in [-0.2, -0.15) is 0 Å². The SMILES string of the molecule is CC(=O)N1CCN(CCc2ccc3c(c2)NCC(C)O3)CC1. The Balaban J connectivity index is 1.51. The van der Waals surface area contributed by atoms with Crippen LogP contribution in [-0.2, 0) is 11.2 Å². The molecular weight excluding hydrogens is 278 g/mol. The number of rotatable bonds is 3. The lowest BCUT2D eigenvalue weighted by Crippen LogP contribution is -2.48. The number of nitrogens with one attached hydrogen (secondary N) is 1. The molecule has 0 aliphatic carbocycles. The Labute approximate surface area is 132 Å². The normalized spacial score (nSPS) is 21.7. The Hall–Kier alpha value is -1.75. The van der Waals surface area contributed by atoms with Crippen molar-refractivity contribution in [1.82, 2.24) is 9.80 Å². The van der Waals surface area contributed by atoms with E-state index in [0.717, 1.165) is 57.1 Å². The molecule has 0 radical (unpaired) electrons. The third-order valence-electron chi connectivity index (χ3n) is 4.49. The van der Waals surface area contributed by atoms with Crippen molar-refractivity contribution in [3.63, 3.8) is 0 Å². The molecule has 0 bridgehead atoms. The molecule has 120 valence electrons. The summed E-state index contributed by atoms with van der Waals surface area (Å²) >= 11 is 0. The third kappa shape index (κ3) is 3.53. The molecule has 1 saturated heterocycles. The summed E-state index contributed by atoms with van der Waals surface area (Å²) in [5.41, 5.74) is 2.44. The maximum absolute atomic E-state index is 11.3. The van der Waals surface area contributed by atoms with E-state index in [-0.39, 0.29) is 12.0 Å². The third-order valence-corrected chi connectivity index (χ3v) is 4.49. The van der Waals surface area contributed by atoms with Gasteiger partial charge >= 0.3 is 0 Å². The first-order valence-corrected chi connectivity index (χ1v) is 8.13.